The van der Waals surface area contributed by atoms with Crippen molar-refractivity contribution >= 4 is 34.2 Å². The molecule has 0 atom stereocenters. The second-order valence-electron chi connectivity index (χ2n) is 2.31. The third-order valence-electron chi connectivity index (χ3n) is 1.51. The maximum absolute atomic E-state index is 5.79. The van der Waals surface area contributed by atoms with Crippen molar-refractivity contribution in [2.75, 3.05) is 0 Å². The summed E-state index contributed by atoms with van der Waals surface area (Å²) in [5.41, 5.74) is 1.51. The quantitative estimate of drug-likeness (QED) is 0.651. The molecule has 0 fully saturated rings. The molecule has 1 aromatic heterocycles. The highest BCUT2D eigenvalue weighted by Crippen LogP contribution is 2.25. The van der Waals surface area contributed by atoms with Gasteiger partial charge in [-0.25, -0.2) is 0 Å². The molecule has 60 valence electrons. The minimum atomic E-state index is 0.504. The Kier molecular flexibility index (Phi) is 1.87. The van der Waals surface area contributed by atoms with Gasteiger partial charge in [-0.2, -0.15) is 0 Å². The molecule has 0 amide bonds. The van der Waals surface area contributed by atoms with Crippen LogP contribution in [0.4, 0.5) is 0 Å². The molecule has 2 nitrogen and oxygen atoms in total. The fraction of sp³-hybridized carbons (Fsp3) is 0. The van der Waals surface area contributed by atoms with Crippen LogP contribution in [0.25, 0.3) is 11.0 Å². The molecule has 0 radical (unpaired) electrons. The van der Waals surface area contributed by atoms with Crippen LogP contribution in [0, 0.1) is 0 Å². The van der Waals surface area contributed by atoms with Gasteiger partial charge in [0, 0.05) is 12.4 Å². The molecule has 0 saturated carbocycles. The highest BCUT2D eigenvalue weighted by atomic mass is 35.5. The second kappa shape index (κ2) is 2.88. The van der Waals surface area contributed by atoms with Crippen molar-refractivity contribution in [3.8, 4) is 0 Å². The van der Waals surface area contributed by atoms with E-state index in [2.05, 4.69) is 9.97 Å². The van der Waals surface area contributed by atoms with E-state index < -0.39 is 0 Å². The Bertz CT molecular complexity index is 388. The maximum Gasteiger partial charge on any atom is 0.0902 e. The van der Waals surface area contributed by atoms with E-state index >= 15 is 0 Å². The Balaban J connectivity index is 2.84. The lowest BCUT2D eigenvalue weighted by atomic mass is 10.3. The van der Waals surface area contributed by atoms with Crippen molar-refractivity contribution in [2.45, 2.75) is 0 Å². The number of hydrogen-bond donors (Lipinski definition) is 0. The van der Waals surface area contributed by atoms with Crippen molar-refractivity contribution in [1.29, 1.82) is 0 Å². The van der Waals surface area contributed by atoms with Crippen LogP contribution in [-0.2, 0) is 0 Å². The zero-order valence-electron chi connectivity index (χ0n) is 5.96. The average Bonchev–Trinajstić information content (AvgIpc) is 2.07. The summed E-state index contributed by atoms with van der Waals surface area (Å²) in [5.74, 6) is 0. The van der Waals surface area contributed by atoms with Crippen LogP contribution < -0.4 is 0 Å². The average molecular weight is 199 g/mol. The summed E-state index contributed by atoms with van der Waals surface area (Å²) in [6.07, 6.45) is 3.24. The first kappa shape index (κ1) is 7.77. The minimum absolute atomic E-state index is 0.504. The van der Waals surface area contributed by atoms with E-state index in [1.54, 1.807) is 24.5 Å². The molecule has 0 aliphatic carbocycles. The van der Waals surface area contributed by atoms with E-state index in [9.17, 15) is 0 Å². The normalized spacial score (nSPS) is 10.5. The molecule has 0 bridgehead atoms. The van der Waals surface area contributed by atoms with Crippen LogP contribution in [0.5, 0.6) is 0 Å². The highest BCUT2D eigenvalue weighted by Gasteiger charge is 2.00. The Hall–Kier alpha value is -0.860. The number of rotatable bonds is 0. The van der Waals surface area contributed by atoms with Crippen LogP contribution in [0.1, 0.15) is 0 Å². The molecule has 4 heteroatoms. The summed E-state index contributed by atoms with van der Waals surface area (Å²) in [6.45, 7) is 0. The molecule has 0 aliphatic rings. The predicted octanol–water partition coefficient (Wildman–Crippen LogP) is 2.94. The molecule has 0 saturated heterocycles. The number of nitrogens with zero attached hydrogens (tertiary/aromatic N) is 2. The van der Waals surface area contributed by atoms with Gasteiger partial charge in [0.2, 0.25) is 0 Å². The topological polar surface area (TPSA) is 25.8 Å². The van der Waals surface area contributed by atoms with Gasteiger partial charge in [-0.1, -0.05) is 23.2 Å². The van der Waals surface area contributed by atoms with Crippen LogP contribution in [-0.4, -0.2) is 9.97 Å². The number of aromatic nitrogens is 2. The van der Waals surface area contributed by atoms with Crippen LogP contribution in [0.2, 0.25) is 10.0 Å². The van der Waals surface area contributed by atoms with Crippen molar-refractivity contribution in [3.63, 3.8) is 0 Å². The number of fused-ring (bicyclic) bond motifs is 1. The molecular formula is C8H4Cl2N2. The number of benzene rings is 1. The zero-order chi connectivity index (χ0) is 8.55. The first-order chi connectivity index (χ1) is 5.77. The van der Waals surface area contributed by atoms with Crippen LogP contribution >= 0.6 is 23.2 Å². The molecule has 0 aliphatic heterocycles. The Morgan fingerprint density at radius 1 is 0.833 bits per heavy atom. The van der Waals surface area contributed by atoms with Crippen molar-refractivity contribution < 1.29 is 0 Å². The third-order valence-corrected chi connectivity index (χ3v) is 2.23. The Morgan fingerprint density at radius 3 is 1.67 bits per heavy atom. The van der Waals surface area contributed by atoms with Gasteiger partial charge in [-0.15, -0.1) is 0 Å². The van der Waals surface area contributed by atoms with E-state index in [1.807, 2.05) is 0 Å². The van der Waals surface area contributed by atoms with E-state index in [4.69, 9.17) is 23.2 Å². The summed E-state index contributed by atoms with van der Waals surface area (Å²) in [4.78, 5) is 8.16. The molecule has 0 unspecified atom stereocenters. The molecule has 12 heavy (non-hydrogen) atoms. The van der Waals surface area contributed by atoms with Crippen molar-refractivity contribution in [2.24, 2.45) is 0 Å². The fourth-order valence-electron chi connectivity index (χ4n) is 0.960. The van der Waals surface area contributed by atoms with E-state index in [0.717, 1.165) is 11.0 Å². The lowest BCUT2D eigenvalue weighted by Crippen LogP contribution is -1.81. The molecule has 1 heterocycles. The maximum atomic E-state index is 5.79. The van der Waals surface area contributed by atoms with Gasteiger partial charge in [0.25, 0.3) is 0 Å². The molecular weight excluding hydrogens is 195 g/mol. The Morgan fingerprint density at radius 2 is 1.25 bits per heavy atom. The van der Waals surface area contributed by atoms with Gasteiger partial charge < -0.3 is 0 Å². The van der Waals surface area contributed by atoms with E-state index in [1.165, 1.54) is 0 Å². The Labute approximate surface area is 79.2 Å². The van der Waals surface area contributed by atoms with Gasteiger partial charge >= 0.3 is 0 Å². The summed E-state index contributed by atoms with van der Waals surface area (Å²) < 4.78 is 0. The number of halogens is 2. The summed E-state index contributed by atoms with van der Waals surface area (Å²) in [5, 5.41) is 1.01. The summed E-state index contributed by atoms with van der Waals surface area (Å²) >= 11 is 11.6. The largest absolute Gasteiger partial charge is 0.253 e. The number of hydrogen-bond acceptors (Lipinski definition) is 2. The first-order valence-corrected chi connectivity index (χ1v) is 4.09. The SMILES string of the molecule is Clc1cc2nccnc2cc1Cl. The lowest BCUT2D eigenvalue weighted by Gasteiger charge is -1.97. The van der Waals surface area contributed by atoms with Gasteiger partial charge in [0.05, 0.1) is 21.1 Å². The minimum Gasteiger partial charge on any atom is -0.253 e. The molecule has 0 spiro atoms. The highest BCUT2D eigenvalue weighted by molar-refractivity contribution is 6.42. The van der Waals surface area contributed by atoms with E-state index in [-0.39, 0.29) is 0 Å². The van der Waals surface area contributed by atoms with Gasteiger partial charge in [-0.3, -0.25) is 9.97 Å². The smallest absolute Gasteiger partial charge is 0.0902 e. The van der Waals surface area contributed by atoms with E-state index in [0.29, 0.717) is 10.0 Å². The van der Waals surface area contributed by atoms with Gasteiger partial charge in [0.1, 0.15) is 0 Å². The summed E-state index contributed by atoms with van der Waals surface area (Å²) in [7, 11) is 0. The van der Waals surface area contributed by atoms with Crippen molar-refractivity contribution in [3.05, 3.63) is 34.6 Å². The van der Waals surface area contributed by atoms with Crippen LogP contribution in [0.15, 0.2) is 24.5 Å². The lowest BCUT2D eigenvalue weighted by molar-refractivity contribution is 1.29. The first-order valence-electron chi connectivity index (χ1n) is 3.33. The van der Waals surface area contributed by atoms with Crippen molar-refractivity contribution in [1.82, 2.24) is 9.97 Å². The van der Waals surface area contributed by atoms with Gasteiger partial charge in [-0.05, 0) is 12.1 Å². The van der Waals surface area contributed by atoms with Crippen LogP contribution in [0.3, 0.4) is 0 Å². The predicted molar refractivity (Wildman–Crippen MR) is 49.6 cm³/mol. The standard InChI is InChI=1S/C8H4Cl2N2/c9-5-3-7-8(4-6(5)10)12-2-1-11-7/h1-4H. The fourth-order valence-corrected chi connectivity index (χ4v) is 1.28. The summed E-state index contributed by atoms with van der Waals surface area (Å²) in [6, 6.07) is 3.40. The zero-order valence-corrected chi connectivity index (χ0v) is 7.47. The molecule has 1 aromatic carbocycles. The third kappa shape index (κ3) is 1.24. The molecule has 2 aromatic rings. The monoisotopic (exact) mass is 198 g/mol. The van der Waals surface area contributed by atoms with Gasteiger partial charge in [0.15, 0.2) is 0 Å². The second-order valence-corrected chi connectivity index (χ2v) is 3.13. The molecule has 2 rings (SSSR count). The molecule has 0 N–H and O–H groups in total.